The smallest absolute Gasteiger partial charge is 0.251 e. The Morgan fingerprint density at radius 1 is 1.21 bits per heavy atom. The van der Waals surface area contributed by atoms with E-state index in [0.29, 0.717) is 16.3 Å². The molecule has 3 N–H and O–H groups in total. The Kier molecular flexibility index (Phi) is 4.07. The minimum atomic E-state index is -0.168. The van der Waals surface area contributed by atoms with Gasteiger partial charge in [0.1, 0.15) is 0 Å². The normalized spacial score (nSPS) is 11.9. The maximum atomic E-state index is 12.1. The third kappa shape index (κ3) is 3.26. The number of carbonyl (C=O) groups excluding carboxylic acids is 1. The number of rotatable bonds is 3. The summed E-state index contributed by atoms with van der Waals surface area (Å²) in [4.78, 5) is 12.1. The van der Waals surface area contributed by atoms with Crippen molar-refractivity contribution in [3.63, 3.8) is 0 Å². The van der Waals surface area contributed by atoms with E-state index in [1.165, 1.54) is 0 Å². The van der Waals surface area contributed by atoms with Crippen molar-refractivity contribution >= 4 is 23.2 Å². The molecule has 0 fully saturated rings. The molecule has 1 amide bonds. The monoisotopic (exact) mass is 274 g/mol. The predicted molar refractivity (Wildman–Crippen MR) is 78.2 cm³/mol. The van der Waals surface area contributed by atoms with Gasteiger partial charge in [-0.15, -0.1) is 0 Å². The van der Waals surface area contributed by atoms with Gasteiger partial charge in [-0.3, -0.25) is 4.79 Å². The summed E-state index contributed by atoms with van der Waals surface area (Å²) >= 11 is 5.91. The number of amides is 1. The van der Waals surface area contributed by atoms with Crippen molar-refractivity contribution in [3.05, 3.63) is 64.7 Å². The summed E-state index contributed by atoms with van der Waals surface area (Å²) in [6, 6.07) is 14.6. The molecule has 3 nitrogen and oxygen atoms in total. The summed E-state index contributed by atoms with van der Waals surface area (Å²) in [5.74, 6) is -0.168. The molecular formula is C15H15ClN2O. The second kappa shape index (κ2) is 5.76. The van der Waals surface area contributed by atoms with Crippen LogP contribution in [0, 0.1) is 0 Å². The van der Waals surface area contributed by atoms with Gasteiger partial charge in [0.25, 0.3) is 5.91 Å². The highest BCUT2D eigenvalue weighted by Crippen LogP contribution is 2.20. The van der Waals surface area contributed by atoms with Crippen LogP contribution in [0.3, 0.4) is 0 Å². The van der Waals surface area contributed by atoms with E-state index in [2.05, 4.69) is 5.32 Å². The van der Waals surface area contributed by atoms with Crippen LogP contribution in [-0.2, 0) is 0 Å². The zero-order valence-electron chi connectivity index (χ0n) is 10.6. The van der Waals surface area contributed by atoms with Crippen LogP contribution in [0.4, 0.5) is 5.69 Å². The van der Waals surface area contributed by atoms with Crippen molar-refractivity contribution < 1.29 is 4.79 Å². The highest BCUT2D eigenvalue weighted by molar-refractivity contribution is 6.33. The maximum Gasteiger partial charge on any atom is 0.251 e. The van der Waals surface area contributed by atoms with Crippen LogP contribution in [0.2, 0.25) is 5.02 Å². The lowest BCUT2D eigenvalue weighted by atomic mass is 10.1. The summed E-state index contributed by atoms with van der Waals surface area (Å²) in [6.45, 7) is 1.94. The number of hydrogen-bond donors (Lipinski definition) is 2. The van der Waals surface area contributed by atoms with Gasteiger partial charge in [0.2, 0.25) is 0 Å². The number of benzene rings is 2. The van der Waals surface area contributed by atoms with Gasteiger partial charge in [-0.2, -0.15) is 0 Å². The number of nitrogen functional groups attached to an aromatic ring is 1. The van der Waals surface area contributed by atoms with Crippen LogP contribution in [-0.4, -0.2) is 5.91 Å². The number of carbonyl (C=O) groups is 1. The number of nitrogens with one attached hydrogen (secondary N) is 1. The van der Waals surface area contributed by atoms with Gasteiger partial charge < -0.3 is 11.1 Å². The molecule has 19 heavy (non-hydrogen) atoms. The van der Waals surface area contributed by atoms with E-state index in [0.717, 1.165) is 5.56 Å². The fraction of sp³-hybridized carbons (Fsp3) is 0.133. The van der Waals surface area contributed by atoms with Crippen LogP contribution in [0.25, 0.3) is 0 Å². The van der Waals surface area contributed by atoms with Gasteiger partial charge in [0.15, 0.2) is 0 Å². The van der Waals surface area contributed by atoms with Gasteiger partial charge in [-0.05, 0) is 30.7 Å². The quantitative estimate of drug-likeness (QED) is 0.843. The summed E-state index contributed by atoms with van der Waals surface area (Å²) in [7, 11) is 0. The first kappa shape index (κ1) is 13.4. The lowest BCUT2D eigenvalue weighted by Gasteiger charge is -2.14. The fourth-order valence-electron chi connectivity index (χ4n) is 1.77. The minimum absolute atomic E-state index is 0.0648. The molecular weight excluding hydrogens is 260 g/mol. The largest absolute Gasteiger partial charge is 0.398 e. The van der Waals surface area contributed by atoms with Gasteiger partial charge >= 0.3 is 0 Å². The Hall–Kier alpha value is -2.00. The molecule has 2 aromatic rings. The molecule has 0 aliphatic rings. The van der Waals surface area contributed by atoms with Gasteiger partial charge in [-0.25, -0.2) is 0 Å². The first-order chi connectivity index (χ1) is 9.08. The maximum absolute atomic E-state index is 12.1. The van der Waals surface area contributed by atoms with Crippen molar-refractivity contribution in [2.45, 2.75) is 13.0 Å². The van der Waals surface area contributed by atoms with Crippen molar-refractivity contribution in [1.29, 1.82) is 0 Å². The molecule has 0 heterocycles. The van der Waals surface area contributed by atoms with Crippen LogP contribution in [0.15, 0.2) is 48.5 Å². The van der Waals surface area contributed by atoms with Gasteiger partial charge in [0.05, 0.1) is 16.8 Å². The van der Waals surface area contributed by atoms with E-state index in [9.17, 15) is 4.79 Å². The topological polar surface area (TPSA) is 55.1 Å². The Morgan fingerprint density at radius 2 is 1.89 bits per heavy atom. The Bertz CT molecular complexity index is 584. The van der Waals surface area contributed by atoms with E-state index < -0.39 is 0 Å². The van der Waals surface area contributed by atoms with Crippen molar-refractivity contribution in [3.8, 4) is 0 Å². The van der Waals surface area contributed by atoms with Crippen LogP contribution in [0.5, 0.6) is 0 Å². The van der Waals surface area contributed by atoms with Crippen LogP contribution in [0.1, 0.15) is 28.9 Å². The SMILES string of the molecule is CC(NC(=O)c1ccc(N)c(Cl)c1)c1ccccc1. The first-order valence-electron chi connectivity index (χ1n) is 5.99. The molecule has 98 valence electrons. The minimum Gasteiger partial charge on any atom is -0.398 e. The molecule has 0 radical (unpaired) electrons. The molecule has 0 aliphatic carbocycles. The zero-order chi connectivity index (χ0) is 13.8. The van der Waals surface area contributed by atoms with E-state index in [4.69, 9.17) is 17.3 Å². The molecule has 0 bridgehead atoms. The molecule has 0 aromatic heterocycles. The van der Waals surface area contributed by atoms with Gasteiger partial charge in [-0.1, -0.05) is 41.9 Å². The number of halogens is 1. The second-order valence-corrected chi connectivity index (χ2v) is 4.75. The molecule has 0 saturated heterocycles. The van der Waals surface area contributed by atoms with E-state index in [-0.39, 0.29) is 11.9 Å². The molecule has 0 saturated carbocycles. The summed E-state index contributed by atoms with van der Waals surface area (Å²) < 4.78 is 0. The molecule has 2 aromatic carbocycles. The highest BCUT2D eigenvalue weighted by atomic mass is 35.5. The molecule has 1 atom stereocenters. The molecule has 4 heteroatoms. The summed E-state index contributed by atoms with van der Waals surface area (Å²) in [6.07, 6.45) is 0. The highest BCUT2D eigenvalue weighted by Gasteiger charge is 2.12. The number of anilines is 1. The zero-order valence-corrected chi connectivity index (χ0v) is 11.3. The standard InChI is InChI=1S/C15H15ClN2O/c1-10(11-5-3-2-4-6-11)18-15(19)12-7-8-14(17)13(16)9-12/h2-10H,17H2,1H3,(H,18,19). The third-order valence-corrected chi connectivity index (χ3v) is 3.24. The van der Waals surface area contributed by atoms with Crippen molar-refractivity contribution in [1.82, 2.24) is 5.32 Å². The molecule has 1 unspecified atom stereocenters. The number of hydrogen-bond acceptors (Lipinski definition) is 2. The number of nitrogens with two attached hydrogens (primary N) is 1. The second-order valence-electron chi connectivity index (χ2n) is 4.34. The Balaban J connectivity index is 2.11. The average Bonchev–Trinajstić information content (AvgIpc) is 2.42. The summed E-state index contributed by atoms with van der Waals surface area (Å²) in [5, 5.41) is 3.31. The molecule has 0 aliphatic heterocycles. The Morgan fingerprint density at radius 3 is 2.53 bits per heavy atom. The third-order valence-electron chi connectivity index (χ3n) is 2.91. The van der Waals surface area contributed by atoms with Crippen LogP contribution < -0.4 is 11.1 Å². The van der Waals surface area contributed by atoms with Gasteiger partial charge in [0, 0.05) is 5.56 Å². The average molecular weight is 275 g/mol. The Labute approximate surface area is 117 Å². The first-order valence-corrected chi connectivity index (χ1v) is 6.36. The van der Waals surface area contributed by atoms with Crippen LogP contribution >= 0.6 is 11.6 Å². The molecule has 0 spiro atoms. The van der Waals surface area contributed by atoms with E-state index in [1.54, 1.807) is 18.2 Å². The lowest BCUT2D eigenvalue weighted by Crippen LogP contribution is -2.26. The molecule has 2 rings (SSSR count). The van der Waals surface area contributed by atoms with E-state index in [1.807, 2.05) is 37.3 Å². The summed E-state index contributed by atoms with van der Waals surface area (Å²) in [5.41, 5.74) is 7.64. The van der Waals surface area contributed by atoms with E-state index >= 15 is 0 Å². The lowest BCUT2D eigenvalue weighted by molar-refractivity contribution is 0.0940. The van der Waals surface area contributed by atoms with Crippen molar-refractivity contribution in [2.24, 2.45) is 0 Å². The predicted octanol–water partition coefficient (Wildman–Crippen LogP) is 3.41. The fourth-order valence-corrected chi connectivity index (χ4v) is 1.95. The van der Waals surface area contributed by atoms with Crippen molar-refractivity contribution in [2.75, 3.05) is 5.73 Å².